The summed E-state index contributed by atoms with van der Waals surface area (Å²) in [7, 11) is 0. The van der Waals surface area contributed by atoms with Crippen molar-refractivity contribution in [3.8, 4) is 11.3 Å². The van der Waals surface area contributed by atoms with Crippen molar-refractivity contribution in [1.29, 1.82) is 0 Å². The average Bonchev–Trinajstić information content (AvgIpc) is 2.65. The number of aryl methyl sites for hydroxylation is 2. The van der Waals surface area contributed by atoms with Gasteiger partial charge in [-0.3, -0.25) is 4.79 Å². The molecule has 3 rings (SSSR count). The highest BCUT2D eigenvalue weighted by atomic mass is 35.5. The fourth-order valence-electron chi connectivity index (χ4n) is 2.98. The summed E-state index contributed by atoms with van der Waals surface area (Å²) >= 11 is 5.93. The van der Waals surface area contributed by atoms with E-state index in [1.54, 1.807) is 32.0 Å². The third-order valence-electron chi connectivity index (χ3n) is 4.59. The summed E-state index contributed by atoms with van der Waals surface area (Å²) in [5.41, 5.74) is 4.43. The Kier molecular flexibility index (Phi) is 5.47. The van der Waals surface area contributed by atoms with Crippen LogP contribution in [0.25, 0.3) is 11.3 Å². The minimum absolute atomic E-state index is 0.153. The van der Waals surface area contributed by atoms with E-state index < -0.39 is 5.97 Å². The quantitative estimate of drug-likeness (QED) is 0.631. The molecule has 0 bridgehead atoms. The standard InChI is InChI=1S/C22H19ClN2O3/c1-12-4-10-17(22(27)28)14(3)19(12)25-21(26)20-13(2)5-11-18(24-20)15-6-8-16(23)9-7-15/h4-11H,1-3H3,(H,25,26)(H,27,28). The van der Waals surface area contributed by atoms with Crippen molar-refractivity contribution in [3.05, 3.63) is 81.5 Å². The molecular formula is C22H19ClN2O3. The molecule has 1 aromatic heterocycles. The molecule has 1 amide bonds. The summed E-state index contributed by atoms with van der Waals surface area (Å²) in [4.78, 5) is 28.8. The van der Waals surface area contributed by atoms with Gasteiger partial charge in [0, 0.05) is 16.3 Å². The molecule has 0 aliphatic carbocycles. The number of benzene rings is 2. The van der Waals surface area contributed by atoms with Crippen molar-refractivity contribution in [2.24, 2.45) is 0 Å². The number of carboxylic acid groups (broad SMARTS) is 1. The molecule has 2 N–H and O–H groups in total. The number of rotatable bonds is 4. The normalized spacial score (nSPS) is 10.6. The number of hydrogen-bond acceptors (Lipinski definition) is 3. The molecule has 6 heteroatoms. The van der Waals surface area contributed by atoms with Gasteiger partial charge in [-0.25, -0.2) is 9.78 Å². The maximum atomic E-state index is 12.9. The zero-order valence-corrected chi connectivity index (χ0v) is 16.5. The number of nitrogens with zero attached hydrogens (tertiary/aromatic N) is 1. The molecule has 28 heavy (non-hydrogen) atoms. The molecule has 0 spiro atoms. The van der Waals surface area contributed by atoms with Crippen molar-refractivity contribution in [3.63, 3.8) is 0 Å². The smallest absolute Gasteiger partial charge is 0.336 e. The molecule has 0 atom stereocenters. The molecule has 2 aromatic carbocycles. The van der Waals surface area contributed by atoms with E-state index in [1.807, 2.05) is 31.2 Å². The summed E-state index contributed by atoms with van der Waals surface area (Å²) in [6.07, 6.45) is 0. The SMILES string of the molecule is Cc1ccc(-c2ccc(Cl)cc2)nc1C(=O)Nc1c(C)ccc(C(=O)O)c1C. The van der Waals surface area contributed by atoms with Crippen molar-refractivity contribution in [2.75, 3.05) is 5.32 Å². The first-order valence-corrected chi connectivity index (χ1v) is 9.04. The second kappa shape index (κ2) is 7.82. The number of carbonyl (C=O) groups excluding carboxylic acids is 1. The summed E-state index contributed by atoms with van der Waals surface area (Å²) < 4.78 is 0. The predicted octanol–water partition coefficient (Wildman–Crippen LogP) is 5.28. The number of hydrogen-bond donors (Lipinski definition) is 2. The van der Waals surface area contributed by atoms with Crippen LogP contribution in [0.2, 0.25) is 5.02 Å². The van der Waals surface area contributed by atoms with Crippen molar-refractivity contribution in [2.45, 2.75) is 20.8 Å². The first kappa shape index (κ1) is 19.6. The molecule has 0 aliphatic heterocycles. The lowest BCUT2D eigenvalue weighted by molar-refractivity contribution is 0.0695. The third kappa shape index (κ3) is 3.89. The van der Waals surface area contributed by atoms with E-state index in [-0.39, 0.29) is 17.2 Å². The lowest BCUT2D eigenvalue weighted by Gasteiger charge is -2.15. The summed E-state index contributed by atoms with van der Waals surface area (Å²) in [6, 6.07) is 14.1. The summed E-state index contributed by atoms with van der Waals surface area (Å²) in [6.45, 7) is 5.30. The topological polar surface area (TPSA) is 79.3 Å². The van der Waals surface area contributed by atoms with E-state index in [4.69, 9.17) is 11.6 Å². The van der Waals surface area contributed by atoms with E-state index in [0.717, 1.165) is 16.7 Å². The fraction of sp³-hybridized carbons (Fsp3) is 0.136. The first-order valence-electron chi connectivity index (χ1n) is 8.66. The second-order valence-corrected chi connectivity index (χ2v) is 6.99. The molecule has 0 fully saturated rings. The van der Waals surface area contributed by atoms with Crippen LogP contribution in [0.1, 0.15) is 37.5 Å². The van der Waals surface area contributed by atoms with Crippen molar-refractivity contribution >= 4 is 29.2 Å². The van der Waals surface area contributed by atoms with Gasteiger partial charge in [-0.15, -0.1) is 0 Å². The van der Waals surface area contributed by atoms with Crippen LogP contribution in [0.4, 0.5) is 5.69 Å². The van der Waals surface area contributed by atoms with Crippen molar-refractivity contribution < 1.29 is 14.7 Å². The molecular weight excluding hydrogens is 376 g/mol. The average molecular weight is 395 g/mol. The largest absolute Gasteiger partial charge is 0.478 e. The van der Waals surface area contributed by atoms with Gasteiger partial charge in [0.05, 0.1) is 11.3 Å². The number of nitrogens with one attached hydrogen (secondary N) is 1. The zero-order valence-electron chi connectivity index (χ0n) is 15.7. The molecule has 0 unspecified atom stereocenters. The van der Waals surface area contributed by atoms with Crippen LogP contribution < -0.4 is 5.32 Å². The van der Waals surface area contributed by atoms with Gasteiger partial charge in [0.25, 0.3) is 5.91 Å². The van der Waals surface area contributed by atoms with Crippen LogP contribution in [0.3, 0.4) is 0 Å². The maximum absolute atomic E-state index is 12.9. The monoisotopic (exact) mass is 394 g/mol. The number of aromatic carboxylic acids is 1. The van der Waals surface area contributed by atoms with E-state index >= 15 is 0 Å². The lowest BCUT2D eigenvalue weighted by Crippen LogP contribution is -2.18. The molecule has 142 valence electrons. The molecule has 0 saturated carbocycles. The predicted molar refractivity (Wildman–Crippen MR) is 110 cm³/mol. The molecule has 0 radical (unpaired) electrons. The summed E-state index contributed by atoms with van der Waals surface area (Å²) in [5.74, 6) is -1.42. The van der Waals surface area contributed by atoms with E-state index in [2.05, 4.69) is 10.3 Å². The zero-order chi connectivity index (χ0) is 20.4. The van der Waals surface area contributed by atoms with Crippen LogP contribution in [-0.2, 0) is 0 Å². The Morgan fingerprint density at radius 3 is 2.21 bits per heavy atom. The van der Waals surface area contributed by atoms with Crippen molar-refractivity contribution in [1.82, 2.24) is 4.98 Å². The minimum atomic E-state index is -1.04. The number of halogens is 1. The molecule has 0 saturated heterocycles. The Morgan fingerprint density at radius 1 is 0.929 bits per heavy atom. The lowest BCUT2D eigenvalue weighted by atomic mass is 10.0. The minimum Gasteiger partial charge on any atom is -0.478 e. The molecule has 5 nitrogen and oxygen atoms in total. The van der Waals surface area contributed by atoms with Gasteiger partial charge in [-0.2, -0.15) is 0 Å². The molecule has 0 aliphatic rings. The molecule has 3 aromatic rings. The number of anilines is 1. The Morgan fingerprint density at radius 2 is 1.57 bits per heavy atom. The van der Waals surface area contributed by atoms with Gasteiger partial charge in [0.2, 0.25) is 0 Å². The Hall–Kier alpha value is -3.18. The van der Waals surface area contributed by atoms with Crippen LogP contribution in [0.5, 0.6) is 0 Å². The molecule has 1 heterocycles. The number of amides is 1. The highest BCUT2D eigenvalue weighted by molar-refractivity contribution is 6.30. The maximum Gasteiger partial charge on any atom is 0.336 e. The number of aromatic nitrogens is 1. The first-order chi connectivity index (χ1) is 13.3. The third-order valence-corrected chi connectivity index (χ3v) is 4.85. The van der Waals surface area contributed by atoms with Gasteiger partial charge in [-0.1, -0.05) is 35.9 Å². The van der Waals surface area contributed by atoms with Gasteiger partial charge in [0.15, 0.2) is 0 Å². The van der Waals surface area contributed by atoms with E-state index in [0.29, 0.717) is 22.0 Å². The fourth-order valence-corrected chi connectivity index (χ4v) is 3.11. The van der Waals surface area contributed by atoms with Gasteiger partial charge < -0.3 is 10.4 Å². The van der Waals surface area contributed by atoms with Crippen LogP contribution in [-0.4, -0.2) is 22.0 Å². The Labute approximate surface area is 168 Å². The number of carbonyl (C=O) groups is 2. The highest BCUT2D eigenvalue weighted by Gasteiger charge is 2.18. The van der Waals surface area contributed by atoms with E-state index in [1.165, 1.54) is 6.07 Å². The number of carboxylic acids is 1. The number of pyridine rings is 1. The second-order valence-electron chi connectivity index (χ2n) is 6.56. The van der Waals surface area contributed by atoms with Crippen LogP contribution >= 0.6 is 11.6 Å². The summed E-state index contributed by atoms with van der Waals surface area (Å²) in [5, 5.41) is 12.8. The Bertz CT molecular complexity index is 1080. The van der Waals surface area contributed by atoms with E-state index in [9.17, 15) is 14.7 Å². The Balaban J connectivity index is 1.98. The van der Waals surface area contributed by atoms with Gasteiger partial charge in [-0.05, 0) is 61.7 Å². The highest BCUT2D eigenvalue weighted by Crippen LogP contribution is 2.26. The van der Waals surface area contributed by atoms with Gasteiger partial charge >= 0.3 is 5.97 Å². The van der Waals surface area contributed by atoms with Gasteiger partial charge in [0.1, 0.15) is 5.69 Å². The van der Waals surface area contributed by atoms with Crippen LogP contribution in [0, 0.1) is 20.8 Å². The van der Waals surface area contributed by atoms with Crippen LogP contribution in [0.15, 0.2) is 48.5 Å².